The summed E-state index contributed by atoms with van der Waals surface area (Å²) in [4.78, 5) is 16.0. The van der Waals surface area contributed by atoms with Crippen LogP contribution in [0, 0.1) is 17.6 Å². The second kappa shape index (κ2) is 6.95. The fraction of sp³-hybridized carbons (Fsp3) is 0.533. The van der Waals surface area contributed by atoms with Crippen LogP contribution in [0.3, 0.4) is 0 Å². The number of amides is 1. The number of halogens is 2. The minimum absolute atomic E-state index is 0.0199. The Labute approximate surface area is 123 Å². The molecule has 2 rings (SSSR count). The number of benzene rings is 1. The number of carbonyl (C=O) groups is 1. The molecule has 1 heterocycles. The smallest absolute Gasteiger partial charge is 0.225 e. The van der Waals surface area contributed by atoms with Crippen molar-refractivity contribution >= 4 is 5.91 Å². The number of carbonyl (C=O) groups excluding carboxylic acids is 1. The summed E-state index contributed by atoms with van der Waals surface area (Å²) in [5, 5.41) is 2.66. The molecule has 21 heavy (non-hydrogen) atoms. The van der Waals surface area contributed by atoms with Crippen molar-refractivity contribution < 1.29 is 13.6 Å². The lowest BCUT2D eigenvalue weighted by molar-refractivity contribution is -0.125. The van der Waals surface area contributed by atoms with Gasteiger partial charge in [0.05, 0.1) is 5.92 Å². The fourth-order valence-electron chi connectivity index (χ4n) is 2.66. The van der Waals surface area contributed by atoms with Crippen LogP contribution in [0.5, 0.6) is 0 Å². The molecule has 4 nitrogen and oxygen atoms in total. The van der Waals surface area contributed by atoms with Crippen molar-refractivity contribution in [1.82, 2.24) is 15.1 Å². The zero-order chi connectivity index (χ0) is 15.4. The molecule has 1 aliphatic heterocycles. The second-order valence-corrected chi connectivity index (χ2v) is 5.54. The molecule has 0 saturated carbocycles. The molecule has 116 valence electrons. The summed E-state index contributed by atoms with van der Waals surface area (Å²) >= 11 is 0. The van der Waals surface area contributed by atoms with Gasteiger partial charge in [-0.15, -0.1) is 0 Å². The van der Waals surface area contributed by atoms with Crippen LogP contribution >= 0.6 is 0 Å². The molecular weight excluding hydrogens is 276 g/mol. The van der Waals surface area contributed by atoms with Gasteiger partial charge < -0.3 is 10.2 Å². The van der Waals surface area contributed by atoms with Gasteiger partial charge in [0.1, 0.15) is 11.6 Å². The largest absolute Gasteiger partial charge is 0.359 e. The molecule has 1 aliphatic rings. The van der Waals surface area contributed by atoms with Crippen LogP contribution in [-0.2, 0) is 11.3 Å². The van der Waals surface area contributed by atoms with Crippen LogP contribution in [0.4, 0.5) is 8.78 Å². The molecule has 1 fully saturated rings. The second-order valence-electron chi connectivity index (χ2n) is 5.54. The van der Waals surface area contributed by atoms with E-state index in [1.165, 1.54) is 6.07 Å². The third kappa shape index (κ3) is 4.22. The lowest BCUT2D eigenvalue weighted by Crippen LogP contribution is -2.39. The number of nitrogens with zero attached hydrogens (tertiary/aromatic N) is 2. The van der Waals surface area contributed by atoms with Crippen LogP contribution in [0.1, 0.15) is 5.56 Å². The van der Waals surface area contributed by atoms with Crippen molar-refractivity contribution in [3.8, 4) is 0 Å². The van der Waals surface area contributed by atoms with Gasteiger partial charge in [0.2, 0.25) is 5.91 Å². The van der Waals surface area contributed by atoms with Crippen LogP contribution in [-0.4, -0.2) is 56.0 Å². The van der Waals surface area contributed by atoms with Crippen LogP contribution in [0.25, 0.3) is 0 Å². The normalized spacial score (nSPS) is 21.0. The molecule has 1 amide bonds. The Hall–Kier alpha value is -1.53. The van der Waals surface area contributed by atoms with Crippen LogP contribution < -0.4 is 5.32 Å². The van der Waals surface area contributed by atoms with E-state index in [0.717, 1.165) is 25.2 Å². The lowest BCUT2D eigenvalue weighted by atomic mass is 10.1. The van der Waals surface area contributed by atoms with Gasteiger partial charge >= 0.3 is 0 Å². The highest BCUT2D eigenvalue weighted by atomic mass is 19.1. The Balaban J connectivity index is 2.11. The van der Waals surface area contributed by atoms with E-state index >= 15 is 0 Å². The highest BCUT2D eigenvalue weighted by Crippen LogP contribution is 2.16. The predicted octanol–water partition coefficient (Wildman–Crippen LogP) is 1.07. The van der Waals surface area contributed by atoms with Gasteiger partial charge in [0.15, 0.2) is 0 Å². The van der Waals surface area contributed by atoms with Crippen molar-refractivity contribution in [2.45, 2.75) is 6.54 Å². The maximum Gasteiger partial charge on any atom is 0.225 e. The van der Waals surface area contributed by atoms with E-state index in [1.807, 2.05) is 11.9 Å². The summed E-state index contributed by atoms with van der Waals surface area (Å²) in [5.74, 6) is -1.04. The van der Waals surface area contributed by atoms with E-state index in [-0.39, 0.29) is 11.8 Å². The first-order valence-corrected chi connectivity index (χ1v) is 7.06. The molecule has 1 unspecified atom stereocenters. The number of hydrogen-bond acceptors (Lipinski definition) is 3. The van der Waals surface area contributed by atoms with Gasteiger partial charge in [-0.3, -0.25) is 9.69 Å². The summed E-state index contributed by atoms with van der Waals surface area (Å²) in [5.41, 5.74) is 0.329. The van der Waals surface area contributed by atoms with Crippen molar-refractivity contribution in [2.24, 2.45) is 5.92 Å². The third-order valence-corrected chi connectivity index (χ3v) is 3.83. The van der Waals surface area contributed by atoms with Gasteiger partial charge in [0.25, 0.3) is 0 Å². The number of hydrogen-bond donors (Lipinski definition) is 1. The van der Waals surface area contributed by atoms with E-state index in [9.17, 15) is 13.6 Å². The SMILES string of the molecule is CNC(=O)C1CN(C)CCN(Cc2cc(F)ccc2F)C1. The van der Waals surface area contributed by atoms with E-state index < -0.39 is 11.6 Å². The fourth-order valence-corrected chi connectivity index (χ4v) is 2.66. The molecular formula is C15H21F2N3O. The zero-order valence-corrected chi connectivity index (χ0v) is 12.4. The first-order valence-electron chi connectivity index (χ1n) is 7.06. The highest BCUT2D eigenvalue weighted by Gasteiger charge is 2.26. The molecule has 1 aromatic rings. The Kier molecular flexibility index (Phi) is 5.25. The molecule has 0 spiro atoms. The first kappa shape index (κ1) is 15.9. The van der Waals surface area contributed by atoms with Gasteiger partial charge in [0, 0.05) is 45.3 Å². The van der Waals surface area contributed by atoms with E-state index in [1.54, 1.807) is 7.05 Å². The molecule has 0 aliphatic carbocycles. The summed E-state index contributed by atoms with van der Waals surface area (Å²) in [6, 6.07) is 3.48. The van der Waals surface area contributed by atoms with Gasteiger partial charge in [-0.1, -0.05) is 0 Å². The molecule has 0 aromatic heterocycles. The quantitative estimate of drug-likeness (QED) is 0.907. The van der Waals surface area contributed by atoms with Crippen molar-refractivity contribution in [3.63, 3.8) is 0 Å². The average Bonchev–Trinajstić information content (AvgIpc) is 2.64. The number of likely N-dealkylation sites (N-methyl/N-ethyl adjacent to an activating group) is 1. The zero-order valence-electron chi connectivity index (χ0n) is 12.4. The molecule has 1 saturated heterocycles. The first-order chi connectivity index (χ1) is 9.99. The van der Waals surface area contributed by atoms with Crippen molar-refractivity contribution in [2.75, 3.05) is 40.3 Å². The maximum absolute atomic E-state index is 13.7. The Morgan fingerprint density at radius 2 is 2.10 bits per heavy atom. The summed E-state index contributed by atoms with van der Waals surface area (Å²) in [7, 11) is 3.58. The van der Waals surface area contributed by atoms with Gasteiger partial charge in [-0.05, 0) is 25.2 Å². The molecule has 0 radical (unpaired) electrons. The number of nitrogens with one attached hydrogen (secondary N) is 1. The van der Waals surface area contributed by atoms with Crippen LogP contribution in [0.15, 0.2) is 18.2 Å². The Bertz CT molecular complexity index is 510. The van der Waals surface area contributed by atoms with Gasteiger partial charge in [-0.25, -0.2) is 8.78 Å². The summed E-state index contributed by atoms with van der Waals surface area (Å²) < 4.78 is 27.0. The topological polar surface area (TPSA) is 35.6 Å². The average molecular weight is 297 g/mol. The molecule has 1 atom stereocenters. The number of rotatable bonds is 3. The molecule has 0 bridgehead atoms. The van der Waals surface area contributed by atoms with Gasteiger partial charge in [-0.2, -0.15) is 0 Å². The Morgan fingerprint density at radius 1 is 1.33 bits per heavy atom. The van der Waals surface area contributed by atoms with Crippen LogP contribution in [0.2, 0.25) is 0 Å². The molecule has 1 aromatic carbocycles. The standard InChI is InChI=1S/C15H21F2N3O/c1-18-15(21)12-8-19(2)5-6-20(10-12)9-11-7-13(16)3-4-14(11)17/h3-4,7,12H,5-6,8-10H2,1-2H3,(H,18,21). The van der Waals surface area contributed by atoms with E-state index in [0.29, 0.717) is 25.2 Å². The minimum Gasteiger partial charge on any atom is -0.359 e. The monoisotopic (exact) mass is 297 g/mol. The van der Waals surface area contributed by atoms with E-state index in [2.05, 4.69) is 10.2 Å². The third-order valence-electron chi connectivity index (χ3n) is 3.83. The van der Waals surface area contributed by atoms with E-state index in [4.69, 9.17) is 0 Å². The van der Waals surface area contributed by atoms with Crippen molar-refractivity contribution in [3.05, 3.63) is 35.4 Å². The maximum atomic E-state index is 13.7. The summed E-state index contributed by atoms with van der Waals surface area (Å²) in [6.45, 7) is 3.04. The summed E-state index contributed by atoms with van der Waals surface area (Å²) in [6.07, 6.45) is 0. The molecule has 6 heteroatoms. The molecule has 1 N–H and O–H groups in total. The minimum atomic E-state index is -0.443. The highest BCUT2D eigenvalue weighted by molar-refractivity contribution is 5.78. The lowest BCUT2D eigenvalue weighted by Gasteiger charge is -2.23. The van der Waals surface area contributed by atoms with Crippen molar-refractivity contribution in [1.29, 1.82) is 0 Å². The Morgan fingerprint density at radius 3 is 2.81 bits per heavy atom. The predicted molar refractivity (Wildman–Crippen MR) is 76.7 cm³/mol.